The molecule has 0 bridgehead atoms. The van der Waals surface area contributed by atoms with Crippen molar-refractivity contribution in [3.8, 4) is 0 Å². The molecule has 0 aliphatic carbocycles. The molecule has 0 saturated heterocycles. The molecule has 0 amide bonds. The highest BCUT2D eigenvalue weighted by Gasteiger charge is 2.12. The second-order valence-corrected chi connectivity index (χ2v) is 3.54. The highest BCUT2D eigenvalue weighted by Crippen LogP contribution is 2.21. The van der Waals surface area contributed by atoms with Crippen LogP contribution in [0.15, 0.2) is 6.33 Å². The molecule has 14 heavy (non-hydrogen) atoms. The van der Waals surface area contributed by atoms with Gasteiger partial charge in [0, 0.05) is 7.05 Å². The Morgan fingerprint density at radius 2 is 2.21 bits per heavy atom. The van der Waals surface area contributed by atoms with Crippen molar-refractivity contribution in [1.29, 1.82) is 0 Å². The fourth-order valence-electron chi connectivity index (χ4n) is 1.54. The lowest BCUT2D eigenvalue weighted by atomic mass is 10.2. The van der Waals surface area contributed by atoms with Crippen LogP contribution in [0.25, 0.3) is 11.0 Å². The lowest BCUT2D eigenvalue weighted by Crippen LogP contribution is -1.92. The molecule has 2 rings (SSSR count). The summed E-state index contributed by atoms with van der Waals surface area (Å²) < 4.78 is 1.74. The third-order valence-electron chi connectivity index (χ3n) is 2.13. The second-order valence-electron chi connectivity index (χ2n) is 3.18. The summed E-state index contributed by atoms with van der Waals surface area (Å²) in [6.45, 7) is 2.11. The summed E-state index contributed by atoms with van der Waals surface area (Å²) in [5, 5.41) is 4.84. The number of hydrogen-bond acceptors (Lipinski definition) is 3. The van der Waals surface area contributed by atoms with E-state index in [0.29, 0.717) is 5.15 Å². The van der Waals surface area contributed by atoms with E-state index in [1.165, 1.54) is 6.33 Å². The van der Waals surface area contributed by atoms with Crippen LogP contribution in [0.3, 0.4) is 0 Å². The van der Waals surface area contributed by atoms with E-state index in [4.69, 9.17) is 11.6 Å². The molecule has 0 aliphatic heterocycles. The van der Waals surface area contributed by atoms with E-state index in [1.54, 1.807) is 4.68 Å². The molecule has 4 nitrogen and oxygen atoms in total. The number of hydrogen-bond donors (Lipinski definition) is 0. The van der Waals surface area contributed by atoms with Crippen LogP contribution < -0.4 is 0 Å². The van der Waals surface area contributed by atoms with Crippen molar-refractivity contribution in [2.75, 3.05) is 0 Å². The molecule has 0 spiro atoms. The summed E-state index contributed by atoms with van der Waals surface area (Å²) >= 11 is 5.96. The number of halogens is 1. The first-order valence-electron chi connectivity index (χ1n) is 4.56. The van der Waals surface area contributed by atoms with Gasteiger partial charge < -0.3 is 0 Å². The number of aromatic nitrogens is 4. The maximum atomic E-state index is 5.96. The van der Waals surface area contributed by atoms with Crippen molar-refractivity contribution in [3.63, 3.8) is 0 Å². The first-order chi connectivity index (χ1) is 6.74. The van der Waals surface area contributed by atoms with Gasteiger partial charge in [-0.05, 0) is 6.42 Å². The van der Waals surface area contributed by atoms with Crippen LogP contribution in [0.5, 0.6) is 0 Å². The standard InChI is InChI=1S/C9H11ClN4/c1-3-4-6-7-8(14(2)13-6)9(10)12-5-11-7/h5H,3-4H2,1-2H3. The molecule has 0 unspecified atom stereocenters. The predicted octanol–water partition coefficient (Wildman–Crippen LogP) is 1.97. The van der Waals surface area contributed by atoms with Gasteiger partial charge in [-0.1, -0.05) is 24.9 Å². The molecule has 2 heterocycles. The molecule has 0 radical (unpaired) electrons. The minimum atomic E-state index is 0.465. The van der Waals surface area contributed by atoms with Gasteiger partial charge in [-0.25, -0.2) is 9.97 Å². The maximum Gasteiger partial charge on any atom is 0.158 e. The van der Waals surface area contributed by atoms with Crippen LogP contribution >= 0.6 is 11.6 Å². The molecule has 0 fully saturated rings. The van der Waals surface area contributed by atoms with E-state index in [-0.39, 0.29) is 0 Å². The smallest absolute Gasteiger partial charge is 0.158 e. The summed E-state index contributed by atoms with van der Waals surface area (Å²) in [7, 11) is 1.86. The third-order valence-corrected chi connectivity index (χ3v) is 2.41. The summed E-state index contributed by atoms with van der Waals surface area (Å²) in [6, 6.07) is 0. The highest BCUT2D eigenvalue weighted by atomic mass is 35.5. The molecule has 0 aromatic carbocycles. The van der Waals surface area contributed by atoms with Crippen LogP contribution in [-0.2, 0) is 13.5 Å². The number of nitrogens with zero attached hydrogens (tertiary/aromatic N) is 4. The van der Waals surface area contributed by atoms with Gasteiger partial charge in [0.2, 0.25) is 0 Å². The Labute approximate surface area is 86.9 Å². The van der Waals surface area contributed by atoms with E-state index in [0.717, 1.165) is 29.6 Å². The van der Waals surface area contributed by atoms with Crippen molar-refractivity contribution in [1.82, 2.24) is 19.7 Å². The van der Waals surface area contributed by atoms with Gasteiger partial charge in [0.25, 0.3) is 0 Å². The zero-order chi connectivity index (χ0) is 10.1. The SMILES string of the molecule is CCCc1nn(C)c2c(Cl)ncnc12. The zero-order valence-corrected chi connectivity index (χ0v) is 8.91. The first-order valence-corrected chi connectivity index (χ1v) is 4.94. The van der Waals surface area contributed by atoms with Gasteiger partial charge >= 0.3 is 0 Å². The highest BCUT2D eigenvalue weighted by molar-refractivity contribution is 6.33. The quantitative estimate of drug-likeness (QED) is 0.712. The Morgan fingerprint density at radius 1 is 1.43 bits per heavy atom. The normalized spacial score (nSPS) is 11.1. The Kier molecular flexibility index (Phi) is 2.37. The van der Waals surface area contributed by atoms with Crippen LogP contribution in [0.4, 0.5) is 0 Å². The zero-order valence-electron chi connectivity index (χ0n) is 8.16. The second kappa shape index (κ2) is 3.53. The predicted molar refractivity (Wildman–Crippen MR) is 55.3 cm³/mol. The molecule has 0 atom stereocenters. The summed E-state index contributed by atoms with van der Waals surface area (Å²) in [5.41, 5.74) is 2.68. The van der Waals surface area contributed by atoms with Gasteiger partial charge in [-0.2, -0.15) is 5.10 Å². The van der Waals surface area contributed by atoms with E-state index in [1.807, 2.05) is 7.05 Å². The van der Waals surface area contributed by atoms with Gasteiger partial charge in [0.05, 0.1) is 5.69 Å². The Bertz CT molecular complexity index is 463. The van der Waals surface area contributed by atoms with Crippen molar-refractivity contribution >= 4 is 22.6 Å². The van der Waals surface area contributed by atoms with Crippen molar-refractivity contribution in [2.24, 2.45) is 7.05 Å². The molecular formula is C9H11ClN4. The number of fused-ring (bicyclic) bond motifs is 1. The fraction of sp³-hybridized carbons (Fsp3) is 0.444. The summed E-state index contributed by atoms with van der Waals surface area (Å²) in [5.74, 6) is 0. The van der Waals surface area contributed by atoms with Crippen molar-refractivity contribution in [2.45, 2.75) is 19.8 Å². The molecule has 0 saturated carbocycles. The first kappa shape index (κ1) is 9.40. The minimum Gasteiger partial charge on any atom is -0.263 e. The van der Waals surface area contributed by atoms with E-state index in [9.17, 15) is 0 Å². The average molecular weight is 211 g/mol. The lowest BCUT2D eigenvalue weighted by Gasteiger charge is -1.94. The molecule has 2 aromatic heterocycles. The molecule has 5 heteroatoms. The van der Waals surface area contributed by atoms with Crippen LogP contribution in [0.2, 0.25) is 5.15 Å². The molecular weight excluding hydrogens is 200 g/mol. The monoisotopic (exact) mass is 210 g/mol. The number of rotatable bonds is 2. The maximum absolute atomic E-state index is 5.96. The van der Waals surface area contributed by atoms with E-state index >= 15 is 0 Å². The fourth-order valence-corrected chi connectivity index (χ4v) is 1.79. The Morgan fingerprint density at radius 3 is 2.93 bits per heavy atom. The summed E-state index contributed by atoms with van der Waals surface area (Å²) in [4.78, 5) is 8.14. The largest absolute Gasteiger partial charge is 0.263 e. The lowest BCUT2D eigenvalue weighted by molar-refractivity contribution is 0.752. The third kappa shape index (κ3) is 1.35. The Hall–Kier alpha value is -1.16. The molecule has 2 aromatic rings. The number of aryl methyl sites for hydroxylation is 2. The summed E-state index contributed by atoms with van der Waals surface area (Å²) in [6.07, 6.45) is 3.45. The minimum absolute atomic E-state index is 0.465. The average Bonchev–Trinajstić information content (AvgIpc) is 2.46. The van der Waals surface area contributed by atoms with Crippen molar-refractivity contribution < 1.29 is 0 Å². The Balaban J connectivity index is 2.71. The van der Waals surface area contributed by atoms with Crippen molar-refractivity contribution in [3.05, 3.63) is 17.2 Å². The van der Waals surface area contributed by atoms with Gasteiger partial charge in [-0.3, -0.25) is 4.68 Å². The van der Waals surface area contributed by atoms with Gasteiger partial charge in [-0.15, -0.1) is 0 Å². The van der Waals surface area contributed by atoms with Crippen LogP contribution in [-0.4, -0.2) is 19.7 Å². The van der Waals surface area contributed by atoms with E-state index in [2.05, 4.69) is 22.0 Å². The topological polar surface area (TPSA) is 43.6 Å². The van der Waals surface area contributed by atoms with E-state index < -0.39 is 0 Å². The molecule has 0 N–H and O–H groups in total. The van der Waals surface area contributed by atoms with Gasteiger partial charge in [0.15, 0.2) is 5.15 Å². The van der Waals surface area contributed by atoms with Crippen LogP contribution in [0.1, 0.15) is 19.0 Å². The molecule has 0 aliphatic rings. The molecule has 74 valence electrons. The van der Waals surface area contributed by atoms with Crippen LogP contribution in [0, 0.1) is 0 Å². The van der Waals surface area contributed by atoms with Gasteiger partial charge in [0.1, 0.15) is 17.4 Å².